The van der Waals surface area contributed by atoms with E-state index >= 15 is 0 Å². The van der Waals surface area contributed by atoms with E-state index < -0.39 is 0 Å². The normalized spacial score (nSPS) is 17.4. The number of methoxy groups -OCH3 is 1. The van der Waals surface area contributed by atoms with E-state index in [1.165, 1.54) is 0 Å². The topological polar surface area (TPSA) is 56.6 Å². The molecule has 1 amide bonds. The third-order valence-corrected chi connectivity index (χ3v) is 3.68. The maximum absolute atomic E-state index is 11.3. The molecule has 0 bridgehead atoms. The quantitative estimate of drug-likeness (QED) is 0.836. The lowest BCUT2D eigenvalue weighted by Crippen LogP contribution is -2.48. The van der Waals surface area contributed by atoms with Crippen LogP contribution in [0.3, 0.4) is 0 Å². The van der Waals surface area contributed by atoms with Crippen LogP contribution in [0.15, 0.2) is 24.3 Å². The van der Waals surface area contributed by atoms with Crippen molar-refractivity contribution in [2.24, 2.45) is 0 Å². The lowest BCUT2D eigenvalue weighted by Gasteiger charge is -2.36. The molecule has 5 heteroatoms. The first-order chi connectivity index (χ1) is 9.65. The number of benzene rings is 1. The van der Waals surface area contributed by atoms with Crippen molar-refractivity contribution in [2.75, 3.05) is 33.3 Å². The van der Waals surface area contributed by atoms with Gasteiger partial charge in [0, 0.05) is 33.1 Å². The summed E-state index contributed by atoms with van der Waals surface area (Å²) in [6, 6.07) is 9.66. The van der Waals surface area contributed by atoms with Crippen LogP contribution < -0.4 is 4.74 Å². The van der Waals surface area contributed by atoms with E-state index in [4.69, 9.17) is 4.74 Å². The van der Waals surface area contributed by atoms with Crippen LogP contribution in [-0.2, 0) is 4.79 Å². The Labute approximate surface area is 119 Å². The van der Waals surface area contributed by atoms with Gasteiger partial charge in [0.05, 0.1) is 13.2 Å². The zero-order chi connectivity index (χ0) is 14.5. The molecule has 1 fully saturated rings. The van der Waals surface area contributed by atoms with Gasteiger partial charge < -0.3 is 9.64 Å². The number of hydrogen-bond acceptors (Lipinski definition) is 4. The minimum Gasteiger partial charge on any atom is -0.497 e. The van der Waals surface area contributed by atoms with Crippen LogP contribution in [0.5, 0.6) is 5.75 Å². The van der Waals surface area contributed by atoms with Crippen molar-refractivity contribution in [1.29, 1.82) is 5.26 Å². The Morgan fingerprint density at radius 1 is 1.25 bits per heavy atom. The number of hydrogen-bond donors (Lipinski definition) is 0. The highest BCUT2D eigenvalue weighted by atomic mass is 16.5. The van der Waals surface area contributed by atoms with Crippen LogP contribution in [0.25, 0.3) is 0 Å². The molecule has 0 spiro atoms. The Morgan fingerprint density at radius 2 is 1.85 bits per heavy atom. The Hall–Kier alpha value is -2.06. The molecule has 1 heterocycles. The Kier molecular flexibility index (Phi) is 4.59. The fourth-order valence-corrected chi connectivity index (χ4v) is 2.45. The molecule has 0 N–H and O–H groups in total. The monoisotopic (exact) mass is 273 g/mol. The van der Waals surface area contributed by atoms with E-state index in [2.05, 4.69) is 11.0 Å². The molecule has 20 heavy (non-hydrogen) atoms. The van der Waals surface area contributed by atoms with E-state index in [1.807, 2.05) is 29.2 Å². The number of ether oxygens (including phenoxy) is 1. The number of nitrogens with zero attached hydrogens (tertiary/aromatic N) is 3. The lowest BCUT2D eigenvalue weighted by atomic mass is 10.1. The molecular weight excluding hydrogens is 254 g/mol. The van der Waals surface area contributed by atoms with Crippen molar-refractivity contribution in [3.8, 4) is 11.8 Å². The molecule has 106 valence electrons. The lowest BCUT2D eigenvalue weighted by molar-refractivity contribution is -0.130. The molecule has 0 aliphatic carbocycles. The van der Waals surface area contributed by atoms with Crippen LogP contribution in [-0.4, -0.2) is 49.0 Å². The SMILES string of the molecule is COc1ccc(C(C#N)N2CCN(C(C)=O)CC2)cc1. The van der Waals surface area contributed by atoms with Crippen molar-refractivity contribution in [3.05, 3.63) is 29.8 Å². The van der Waals surface area contributed by atoms with Crippen LogP contribution >= 0.6 is 0 Å². The second kappa shape index (κ2) is 6.40. The van der Waals surface area contributed by atoms with Crippen LogP contribution in [0.1, 0.15) is 18.5 Å². The Morgan fingerprint density at radius 3 is 2.30 bits per heavy atom. The average Bonchev–Trinajstić information content (AvgIpc) is 2.49. The molecule has 0 radical (unpaired) electrons. The van der Waals surface area contributed by atoms with Gasteiger partial charge in [-0.05, 0) is 17.7 Å². The molecule has 1 aliphatic rings. The van der Waals surface area contributed by atoms with E-state index in [0.717, 1.165) is 24.4 Å². The second-order valence-electron chi connectivity index (χ2n) is 4.85. The zero-order valence-corrected chi connectivity index (χ0v) is 11.9. The van der Waals surface area contributed by atoms with Gasteiger partial charge in [-0.3, -0.25) is 9.69 Å². The third-order valence-electron chi connectivity index (χ3n) is 3.68. The first kappa shape index (κ1) is 14.4. The largest absolute Gasteiger partial charge is 0.497 e. The molecule has 1 atom stereocenters. The third kappa shape index (κ3) is 3.09. The molecule has 1 aliphatic heterocycles. The van der Waals surface area contributed by atoms with Gasteiger partial charge in [-0.2, -0.15) is 5.26 Å². The summed E-state index contributed by atoms with van der Waals surface area (Å²) in [5.74, 6) is 0.884. The maximum atomic E-state index is 11.3. The van der Waals surface area contributed by atoms with Crippen molar-refractivity contribution in [2.45, 2.75) is 13.0 Å². The highest BCUT2D eigenvalue weighted by Crippen LogP contribution is 2.23. The summed E-state index contributed by atoms with van der Waals surface area (Å²) in [6.45, 7) is 4.40. The van der Waals surface area contributed by atoms with Gasteiger partial charge in [-0.1, -0.05) is 12.1 Å². The van der Waals surface area contributed by atoms with Crippen molar-refractivity contribution in [1.82, 2.24) is 9.80 Å². The van der Waals surface area contributed by atoms with Crippen molar-refractivity contribution in [3.63, 3.8) is 0 Å². The number of carbonyl (C=O) groups excluding carboxylic acids is 1. The fraction of sp³-hybridized carbons (Fsp3) is 0.467. The number of nitriles is 1. The predicted octanol–water partition coefficient (Wildman–Crippen LogP) is 1.42. The smallest absolute Gasteiger partial charge is 0.219 e. The first-order valence-electron chi connectivity index (χ1n) is 6.69. The van der Waals surface area contributed by atoms with Crippen molar-refractivity contribution >= 4 is 5.91 Å². The molecule has 1 aromatic carbocycles. The molecule has 1 saturated heterocycles. The van der Waals surface area contributed by atoms with E-state index in [0.29, 0.717) is 13.1 Å². The molecule has 5 nitrogen and oxygen atoms in total. The molecule has 1 unspecified atom stereocenters. The Bertz CT molecular complexity index is 499. The molecule has 0 aromatic heterocycles. The first-order valence-corrected chi connectivity index (χ1v) is 6.69. The maximum Gasteiger partial charge on any atom is 0.219 e. The van der Waals surface area contributed by atoms with Crippen LogP contribution in [0.4, 0.5) is 0 Å². The van der Waals surface area contributed by atoms with E-state index in [1.54, 1.807) is 14.0 Å². The molecular formula is C15H19N3O2. The molecule has 0 saturated carbocycles. The zero-order valence-electron chi connectivity index (χ0n) is 11.9. The fourth-order valence-electron chi connectivity index (χ4n) is 2.45. The predicted molar refractivity (Wildman–Crippen MR) is 75.2 cm³/mol. The van der Waals surface area contributed by atoms with Gasteiger partial charge in [0.25, 0.3) is 0 Å². The standard InChI is InChI=1S/C15H19N3O2/c1-12(19)17-7-9-18(10-8-17)15(11-16)13-3-5-14(20-2)6-4-13/h3-6,15H,7-10H2,1-2H3. The number of carbonyl (C=O) groups is 1. The van der Waals surface area contributed by atoms with Gasteiger partial charge >= 0.3 is 0 Å². The Balaban J connectivity index is 2.05. The summed E-state index contributed by atoms with van der Waals surface area (Å²) >= 11 is 0. The minimum absolute atomic E-state index is 0.0996. The van der Waals surface area contributed by atoms with Crippen LogP contribution in [0.2, 0.25) is 0 Å². The number of piperazine rings is 1. The summed E-state index contributed by atoms with van der Waals surface area (Å²) in [5.41, 5.74) is 0.963. The van der Waals surface area contributed by atoms with Gasteiger partial charge in [-0.15, -0.1) is 0 Å². The summed E-state index contributed by atoms with van der Waals surface area (Å²) in [7, 11) is 1.62. The minimum atomic E-state index is -0.269. The number of rotatable bonds is 3. The highest BCUT2D eigenvalue weighted by molar-refractivity contribution is 5.73. The summed E-state index contributed by atoms with van der Waals surface area (Å²) in [4.78, 5) is 15.2. The number of amides is 1. The van der Waals surface area contributed by atoms with Gasteiger partial charge in [-0.25, -0.2) is 0 Å². The van der Waals surface area contributed by atoms with Gasteiger partial charge in [0.1, 0.15) is 11.8 Å². The summed E-state index contributed by atoms with van der Waals surface area (Å²) in [5, 5.41) is 9.43. The van der Waals surface area contributed by atoms with E-state index in [-0.39, 0.29) is 11.9 Å². The molecule has 1 aromatic rings. The van der Waals surface area contributed by atoms with Gasteiger partial charge in [0.2, 0.25) is 5.91 Å². The summed E-state index contributed by atoms with van der Waals surface area (Å²) < 4.78 is 5.13. The average molecular weight is 273 g/mol. The van der Waals surface area contributed by atoms with E-state index in [9.17, 15) is 10.1 Å². The van der Waals surface area contributed by atoms with Gasteiger partial charge in [0.15, 0.2) is 0 Å². The second-order valence-corrected chi connectivity index (χ2v) is 4.85. The van der Waals surface area contributed by atoms with Crippen LogP contribution in [0, 0.1) is 11.3 Å². The summed E-state index contributed by atoms with van der Waals surface area (Å²) in [6.07, 6.45) is 0. The van der Waals surface area contributed by atoms with Crippen molar-refractivity contribution < 1.29 is 9.53 Å². The molecule has 2 rings (SSSR count). The highest BCUT2D eigenvalue weighted by Gasteiger charge is 2.25.